The highest BCUT2D eigenvalue weighted by molar-refractivity contribution is 5.91. The van der Waals surface area contributed by atoms with E-state index in [1.165, 1.54) is 0 Å². The lowest BCUT2D eigenvalue weighted by Gasteiger charge is -2.09. The van der Waals surface area contributed by atoms with Gasteiger partial charge in [0.1, 0.15) is 11.6 Å². The Kier molecular flexibility index (Phi) is 3.53. The van der Waals surface area contributed by atoms with E-state index < -0.39 is 0 Å². The first-order chi connectivity index (χ1) is 6.58. The van der Waals surface area contributed by atoms with Crippen LogP contribution in [-0.4, -0.2) is 41.4 Å². The van der Waals surface area contributed by atoms with Crippen LogP contribution in [0.25, 0.3) is 0 Å². The SMILES string of the molecule is Cc1nccc(NC(=O)CN(C)C)n1. The highest BCUT2D eigenvalue weighted by Gasteiger charge is 2.04. The Balaban J connectivity index is 2.56. The van der Waals surface area contributed by atoms with E-state index in [9.17, 15) is 4.79 Å². The first kappa shape index (κ1) is 10.6. The maximum Gasteiger partial charge on any atom is 0.239 e. The molecular weight excluding hydrogens is 180 g/mol. The van der Waals surface area contributed by atoms with E-state index in [-0.39, 0.29) is 5.91 Å². The number of anilines is 1. The lowest BCUT2D eigenvalue weighted by Crippen LogP contribution is -2.27. The topological polar surface area (TPSA) is 58.1 Å². The molecule has 0 atom stereocenters. The van der Waals surface area contributed by atoms with Crippen molar-refractivity contribution in [2.75, 3.05) is 26.0 Å². The Morgan fingerprint density at radius 2 is 2.29 bits per heavy atom. The van der Waals surface area contributed by atoms with E-state index >= 15 is 0 Å². The first-order valence-electron chi connectivity index (χ1n) is 4.32. The second-order valence-electron chi connectivity index (χ2n) is 3.28. The van der Waals surface area contributed by atoms with Crippen LogP contribution in [-0.2, 0) is 4.79 Å². The zero-order valence-electron chi connectivity index (χ0n) is 8.61. The molecule has 0 radical (unpaired) electrons. The zero-order chi connectivity index (χ0) is 10.6. The molecule has 1 amide bonds. The lowest BCUT2D eigenvalue weighted by molar-refractivity contribution is -0.116. The van der Waals surface area contributed by atoms with E-state index in [1.807, 2.05) is 14.1 Å². The number of aromatic nitrogens is 2. The second-order valence-corrected chi connectivity index (χ2v) is 3.28. The van der Waals surface area contributed by atoms with Crippen LogP contribution in [0.4, 0.5) is 5.82 Å². The number of rotatable bonds is 3. The molecule has 5 nitrogen and oxygen atoms in total. The first-order valence-corrected chi connectivity index (χ1v) is 4.32. The summed E-state index contributed by atoms with van der Waals surface area (Å²) in [5.41, 5.74) is 0. The molecule has 0 aromatic carbocycles. The van der Waals surface area contributed by atoms with Crippen molar-refractivity contribution in [3.63, 3.8) is 0 Å². The van der Waals surface area contributed by atoms with Gasteiger partial charge in [-0.25, -0.2) is 9.97 Å². The van der Waals surface area contributed by atoms with Crippen molar-refractivity contribution >= 4 is 11.7 Å². The molecule has 0 fully saturated rings. The van der Waals surface area contributed by atoms with E-state index in [0.717, 1.165) is 0 Å². The Morgan fingerprint density at radius 3 is 2.86 bits per heavy atom. The molecule has 0 aliphatic carbocycles. The van der Waals surface area contributed by atoms with E-state index in [0.29, 0.717) is 18.2 Å². The minimum Gasteiger partial charge on any atom is -0.309 e. The highest BCUT2D eigenvalue weighted by Crippen LogP contribution is 2.00. The number of amides is 1. The molecule has 14 heavy (non-hydrogen) atoms. The van der Waals surface area contributed by atoms with Crippen LogP contribution < -0.4 is 5.32 Å². The third-order valence-corrected chi connectivity index (χ3v) is 1.50. The molecule has 0 spiro atoms. The van der Waals surface area contributed by atoms with E-state index in [2.05, 4.69) is 15.3 Å². The fourth-order valence-electron chi connectivity index (χ4n) is 0.995. The minimum absolute atomic E-state index is 0.0758. The molecule has 76 valence electrons. The molecule has 0 aliphatic heterocycles. The molecule has 0 saturated carbocycles. The number of carbonyl (C=O) groups excluding carboxylic acids is 1. The predicted molar refractivity (Wildman–Crippen MR) is 54.0 cm³/mol. The lowest BCUT2D eigenvalue weighted by atomic mass is 10.5. The second kappa shape index (κ2) is 4.66. The van der Waals surface area contributed by atoms with Gasteiger partial charge in [-0.2, -0.15) is 0 Å². The Labute approximate surface area is 83.2 Å². The molecule has 1 aromatic heterocycles. The van der Waals surface area contributed by atoms with Crippen molar-refractivity contribution in [3.05, 3.63) is 18.1 Å². The smallest absolute Gasteiger partial charge is 0.239 e. The molecule has 0 saturated heterocycles. The van der Waals surface area contributed by atoms with E-state index in [4.69, 9.17) is 0 Å². The summed E-state index contributed by atoms with van der Waals surface area (Å²) >= 11 is 0. The molecular formula is C9H14N4O. The van der Waals surface area contributed by atoms with Gasteiger partial charge in [-0.3, -0.25) is 4.79 Å². The maximum absolute atomic E-state index is 11.3. The van der Waals surface area contributed by atoms with Gasteiger partial charge >= 0.3 is 0 Å². The maximum atomic E-state index is 11.3. The Bertz CT molecular complexity index is 324. The van der Waals surface area contributed by atoms with Gasteiger partial charge < -0.3 is 10.2 Å². The van der Waals surface area contributed by atoms with Crippen molar-refractivity contribution in [1.82, 2.24) is 14.9 Å². The highest BCUT2D eigenvalue weighted by atomic mass is 16.2. The molecule has 0 aliphatic rings. The van der Waals surface area contributed by atoms with Crippen molar-refractivity contribution in [2.24, 2.45) is 0 Å². The quantitative estimate of drug-likeness (QED) is 0.751. The summed E-state index contributed by atoms with van der Waals surface area (Å²) in [4.78, 5) is 21.1. The van der Waals surface area contributed by atoms with Crippen LogP contribution in [0.1, 0.15) is 5.82 Å². The van der Waals surface area contributed by atoms with Gasteiger partial charge in [-0.1, -0.05) is 0 Å². The molecule has 1 aromatic rings. The van der Waals surface area contributed by atoms with Crippen molar-refractivity contribution < 1.29 is 4.79 Å². The van der Waals surface area contributed by atoms with Crippen molar-refractivity contribution in [1.29, 1.82) is 0 Å². The van der Waals surface area contributed by atoms with Crippen LogP contribution in [0.3, 0.4) is 0 Å². The van der Waals surface area contributed by atoms with Gasteiger partial charge in [0.15, 0.2) is 0 Å². The Hall–Kier alpha value is -1.49. The third kappa shape index (κ3) is 3.49. The van der Waals surface area contributed by atoms with Gasteiger partial charge in [0.05, 0.1) is 6.54 Å². The normalized spacial score (nSPS) is 10.3. The summed E-state index contributed by atoms with van der Waals surface area (Å²) in [6.07, 6.45) is 1.62. The fraction of sp³-hybridized carbons (Fsp3) is 0.444. The van der Waals surface area contributed by atoms with Gasteiger partial charge in [0.2, 0.25) is 5.91 Å². The van der Waals surface area contributed by atoms with Crippen LogP contribution >= 0.6 is 0 Å². The molecule has 1 rings (SSSR count). The van der Waals surface area contributed by atoms with Crippen LogP contribution in [0, 0.1) is 6.92 Å². The predicted octanol–water partition coefficient (Wildman–Crippen LogP) is 0.285. The van der Waals surface area contributed by atoms with Crippen LogP contribution in [0.2, 0.25) is 0 Å². The largest absolute Gasteiger partial charge is 0.309 e. The number of likely N-dealkylation sites (N-methyl/N-ethyl adjacent to an activating group) is 1. The van der Waals surface area contributed by atoms with Crippen molar-refractivity contribution in [2.45, 2.75) is 6.92 Å². The third-order valence-electron chi connectivity index (χ3n) is 1.50. The summed E-state index contributed by atoms with van der Waals surface area (Å²) in [5.74, 6) is 1.12. The molecule has 0 bridgehead atoms. The number of nitrogens with zero attached hydrogens (tertiary/aromatic N) is 3. The summed E-state index contributed by atoms with van der Waals surface area (Å²) in [6.45, 7) is 2.13. The minimum atomic E-state index is -0.0758. The summed E-state index contributed by atoms with van der Waals surface area (Å²) in [5, 5.41) is 2.68. The molecule has 1 N–H and O–H groups in total. The zero-order valence-corrected chi connectivity index (χ0v) is 8.61. The van der Waals surface area contributed by atoms with Gasteiger partial charge in [0.25, 0.3) is 0 Å². The van der Waals surface area contributed by atoms with Gasteiger partial charge in [-0.05, 0) is 27.1 Å². The van der Waals surface area contributed by atoms with Crippen LogP contribution in [0.5, 0.6) is 0 Å². The monoisotopic (exact) mass is 194 g/mol. The molecule has 5 heteroatoms. The summed E-state index contributed by atoms with van der Waals surface area (Å²) in [6, 6.07) is 1.67. The molecule has 1 heterocycles. The number of hydrogen-bond donors (Lipinski definition) is 1. The standard InChI is InChI=1S/C9H14N4O/c1-7-10-5-4-8(11-7)12-9(14)6-13(2)3/h4-5H,6H2,1-3H3,(H,10,11,12,14). The number of aryl methyl sites for hydroxylation is 1. The summed E-state index contributed by atoms with van der Waals surface area (Å²) in [7, 11) is 3.68. The fourth-order valence-corrected chi connectivity index (χ4v) is 0.995. The Morgan fingerprint density at radius 1 is 1.57 bits per heavy atom. The number of nitrogens with one attached hydrogen (secondary N) is 1. The van der Waals surface area contributed by atoms with Crippen molar-refractivity contribution in [3.8, 4) is 0 Å². The number of carbonyl (C=O) groups is 1. The molecule has 0 unspecified atom stereocenters. The number of hydrogen-bond acceptors (Lipinski definition) is 4. The van der Waals surface area contributed by atoms with Gasteiger partial charge in [0, 0.05) is 6.20 Å². The summed E-state index contributed by atoms with van der Waals surface area (Å²) < 4.78 is 0. The average Bonchev–Trinajstić information content (AvgIpc) is 2.01. The van der Waals surface area contributed by atoms with E-state index in [1.54, 1.807) is 24.1 Å². The van der Waals surface area contributed by atoms with Crippen LogP contribution in [0.15, 0.2) is 12.3 Å². The average molecular weight is 194 g/mol. The van der Waals surface area contributed by atoms with Gasteiger partial charge in [-0.15, -0.1) is 0 Å².